The predicted octanol–water partition coefficient (Wildman–Crippen LogP) is 2.99. The molecule has 3 aromatic rings. The first-order valence-electron chi connectivity index (χ1n) is 17.4. The van der Waals surface area contributed by atoms with Gasteiger partial charge in [0.1, 0.15) is 6.04 Å². The van der Waals surface area contributed by atoms with Gasteiger partial charge in [0.25, 0.3) is 11.8 Å². The van der Waals surface area contributed by atoms with E-state index in [4.69, 9.17) is 0 Å². The summed E-state index contributed by atoms with van der Waals surface area (Å²) in [5.74, 6) is 0.577. The number of carbonyl (C=O) groups is 3. The molecule has 1 aromatic heterocycles. The number of fused-ring (bicyclic) bond motifs is 2. The van der Waals surface area contributed by atoms with Crippen LogP contribution in [0, 0.1) is 11.3 Å². The number of nitrogens with zero attached hydrogens (tertiary/aromatic N) is 7. The first kappa shape index (κ1) is 31.9. The molecule has 1 aliphatic carbocycles. The van der Waals surface area contributed by atoms with Gasteiger partial charge in [-0.25, -0.2) is 5.10 Å². The third-order valence-corrected chi connectivity index (χ3v) is 10.8. The van der Waals surface area contributed by atoms with E-state index in [-0.39, 0.29) is 36.3 Å². The number of nitrogens with one attached hydrogen (secondary N) is 2. The molecule has 2 N–H and O–H groups in total. The lowest BCUT2D eigenvalue weighted by molar-refractivity contribution is -0.130. The molecule has 12 nitrogen and oxygen atoms in total. The topological polar surface area (TPSA) is 151 Å². The summed E-state index contributed by atoms with van der Waals surface area (Å²) in [5, 5.41) is 28.6. The van der Waals surface area contributed by atoms with Gasteiger partial charge in [0.2, 0.25) is 5.91 Å². The number of amides is 3. The predicted molar refractivity (Wildman–Crippen MR) is 177 cm³/mol. The molecule has 0 saturated carbocycles. The summed E-state index contributed by atoms with van der Waals surface area (Å²) in [6, 6.07) is 13.7. The summed E-state index contributed by atoms with van der Waals surface area (Å²) in [4.78, 5) is 45.8. The summed E-state index contributed by atoms with van der Waals surface area (Å²) >= 11 is 0. The fourth-order valence-electron chi connectivity index (χ4n) is 8.33. The third-order valence-electron chi connectivity index (χ3n) is 10.8. The zero-order chi connectivity index (χ0) is 33.3. The molecule has 0 bridgehead atoms. The third kappa shape index (κ3) is 5.85. The number of benzene rings is 2. The lowest BCUT2D eigenvalue weighted by Crippen LogP contribution is -2.45. The van der Waals surface area contributed by atoms with Crippen LogP contribution in [0.1, 0.15) is 101 Å². The van der Waals surface area contributed by atoms with Crippen molar-refractivity contribution in [3.05, 3.63) is 75.6 Å². The number of aromatic amines is 1. The maximum absolute atomic E-state index is 13.5. The molecular weight excluding hydrogens is 606 g/mol. The highest BCUT2D eigenvalue weighted by molar-refractivity contribution is 5.95. The van der Waals surface area contributed by atoms with Crippen LogP contribution in [0.4, 0.5) is 0 Å². The summed E-state index contributed by atoms with van der Waals surface area (Å²) in [6.07, 6.45) is 7.48. The second-order valence-corrected chi connectivity index (χ2v) is 13.8. The van der Waals surface area contributed by atoms with E-state index in [1.165, 1.54) is 0 Å². The van der Waals surface area contributed by atoms with Gasteiger partial charge in [-0.1, -0.05) is 12.1 Å². The highest BCUT2D eigenvalue weighted by atomic mass is 16.2. The molecule has 3 saturated heterocycles. The Morgan fingerprint density at radius 2 is 1.50 bits per heavy atom. The molecule has 4 aliphatic rings. The maximum Gasteiger partial charge on any atom is 0.253 e. The minimum absolute atomic E-state index is 0.0497. The summed E-state index contributed by atoms with van der Waals surface area (Å²) in [5.41, 5.74) is 4.56. The highest BCUT2D eigenvalue weighted by Gasteiger charge is 2.45. The van der Waals surface area contributed by atoms with Crippen LogP contribution in [0.25, 0.3) is 0 Å². The normalized spacial score (nSPS) is 20.6. The minimum atomic E-state index is -0.868. The van der Waals surface area contributed by atoms with E-state index in [2.05, 4.69) is 44.1 Å². The molecule has 7 rings (SSSR count). The number of tetrazole rings is 1. The Hall–Kier alpha value is -4.63. The zero-order valence-corrected chi connectivity index (χ0v) is 27.6. The lowest BCUT2D eigenvalue weighted by Gasteiger charge is -2.37. The van der Waals surface area contributed by atoms with Crippen LogP contribution in [-0.4, -0.2) is 104 Å². The van der Waals surface area contributed by atoms with Crippen LogP contribution in [0.5, 0.6) is 0 Å². The van der Waals surface area contributed by atoms with Crippen molar-refractivity contribution in [1.29, 1.82) is 5.26 Å². The maximum atomic E-state index is 13.5. The molecule has 1 unspecified atom stereocenters. The Labute approximate surface area is 280 Å². The molecule has 250 valence electrons. The van der Waals surface area contributed by atoms with Crippen molar-refractivity contribution in [1.82, 2.24) is 40.6 Å². The van der Waals surface area contributed by atoms with E-state index in [0.717, 1.165) is 80.5 Å². The number of likely N-dealkylation sites (tertiary alicyclic amines) is 3. The minimum Gasteiger partial charge on any atom is -0.339 e. The van der Waals surface area contributed by atoms with Crippen LogP contribution in [-0.2, 0) is 23.1 Å². The van der Waals surface area contributed by atoms with Gasteiger partial charge in [-0.3, -0.25) is 14.4 Å². The molecule has 3 fully saturated rings. The number of nitriles is 1. The van der Waals surface area contributed by atoms with Crippen LogP contribution in [0.3, 0.4) is 0 Å². The number of aromatic nitrogens is 4. The van der Waals surface area contributed by atoms with Gasteiger partial charge in [0.05, 0.1) is 18.0 Å². The van der Waals surface area contributed by atoms with Gasteiger partial charge < -0.3 is 20.0 Å². The Morgan fingerprint density at radius 1 is 0.917 bits per heavy atom. The van der Waals surface area contributed by atoms with Crippen molar-refractivity contribution in [3.63, 3.8) is 0 Å². The first-order valence-corrected chi connectivity index (χ1v) is 17.4. The van der Waals surface area contributed by atoms with E-state index in [1.807, 2.05) is 41.0 Å². The number of H-pyrrole nitrogens is 1. The second-order valence-electron chi connectivity index (χ2n) is 13.8. The van der Waals surface area contributed by atoms with Gasteiger partial charge in [0, 0.05) is 49.9 Å². The molecule has 2 atom stereocenters. The largest absolute Gasteiger partial charge is 0.339 e. The molecule has 0 radical (unpaired) electrons. The Morgan fingerprint density at radius 3 is 2.02 bits per heavy atom. The molecule has 3 amide bonds. The van der Waals surface area contributed by atoms with E-state index in [1.54, 1.807) is 4.90 Å². The van der Waals surface area contributed by atoms with E-state index < -0.39 is 5.41 Å². The molecule has 3 aliphatic heterocycles. The zero-order valence-electron chi connectivity index (χ0n) is 27.6. The Kier molecular flexibility index (Phi) is 8.96. The monoisotopic (exact) mass is 649 g/mol. The van der Waals surface area contributed by atoms with Crippen LogP contribution < -0.4 is 5.32 Å². The SMILES string of the molecule is C[C@H](CC1(c2nnn[nH]2)c2ccc(C(=O)N3CCCC3)cc2CCc2cc(C(=O)N3CCCC3)ccc21)NCC(=O)N1CCCC1C#N. The van der Waals surface area contributed by atoms with E-state index in [9.17, 15) is 19.6 Å². The van der Waals surface area contributed by atoms with E-state index in [0.29, 0.717) is 49.2 Å². The van der Waals surface area contributed by atoms with Gasteiger partial charge in [0.15, 0.2) is 5.82 Å². The molecule has 12 heteroatoms. The van der Waals surface area contributed by atoms with Crippen molar-refractivity contribution in [2.75, 3.05) is 39.3 Å². The van der Waals surface area contributed by atoms with Gasteiger partial charge >= 0.3 is 0 Å². The highest BCUT2D eigenvalue weighted by Crippen LogP contribution is 2.47. The summed E-state index contributed by atoms with van der Waals surface area (Å²) in [6.45, 7) is 5.85. The van der Waals surface area contributed by atoms with Crippen molar-refractivity contribution in [3.8, 4) is 6.07 Å². The number of hydrogen-bond donors (Lipinski definition) is 2. The van der Waals surface area contributed by atoms with Crippen LogP contribution in [0.2, 0.25) is 0 Å². The van der Waals surface area contributed by atoms with Crippen molar-refractivity contribution >= 4 is 17.7 Å². The number of carbonyl (C=O) groups excluding carboxylic acids is 3. The average molecular weight is 650 g/mol. The first-order chi connectivity index (χ1) is 23.4. The Bertz CT molecular complexity index is 1640. The number of hydrogen-bond acceptors (Lipinski definition) is 8. The van der Waals surface area contributed by atoms with Gasteiger partial charge in [-0.15, -0.1) is 5.10 Å². The fourth-order valence-corrected chi connectivity index (χ4v) is 8.33. The molecule has 48 heavy (non-hydrogen) atoms. The lowest BCUT2D eigenvalue weighted by atomic mass is 9.67. The number of rotatable bonds is 8. The molecule has 0 spiro atoms. The smallest absolute Gasteiger partial charge is 0.253 e. The Balaban J connectivity index is 1.29. The second kappa shape index (κ2) is 13.5. The molecular formula is C36H43N9O3. The summed E-state index contributed by atoms with van der Waals surface area (Å²) < 4.78 is 0. The molecule has 2 aromatic carbocycles. The fraction of sp³-hybridized carbons (Fsp3) is 0.528. The molecule has 4 heterocycles. The van der Waals surface area contributed by atoms with Crippen molar-refractivity contribution < 1.29 is 14.4 Å². The average Bonchev–Trinajstić information content (AvgIpc) is 3.95. The summed E-state index contributed by atoms with van der Waals surface area (Å²) in [7, 11) is 0. The van der Waals surface area contributed by atoms with Gasteiger partial charge in [-0.05, 0) is 122 Å². The van der Waals surface area contributed by atoms with Crippen molar-refractivity contribution in [2.24, 2.45) is 0 Å². The number of aryl methyl sites for hydroxylation is 2. The van der Waals surface area contributed by atoms with Crippen molar-refractivity contribution in [2.45, 2.75) is 82.2 Å². The quantitative estimate of drug-likeness (QED) is 0.378. The van der Waals surface area contributed by atoms with E-state index >= 15 is 0 Å². The van der Waals surface area contributed by atoms with Crippen LogP contribution in [0.15, 0.2) is 36.4 Å². The standard InChI is InChI=1S/C36H43N9O3/c1-24(38-23-32(46)45-18-6-7-29(45)22-37)21-36(35-39-41-42-40-35)30-12-10-27(33(47)43-14-2-3-15-43)19-25(30)8-9-26-20-28(11-13-31(26)36)34(48)44-16-4-5-17-44/h10-13,19-20,24,29,38H,2-9,14-18,21,23H2,1H3,(H,39,40,41,42)/t24-,29?/m1/s1. The van der Waals surface area contributed by atoms with Crippen LogP contribution >= 0.6 is 0 Å². The van der Waals surface area contributed by atoms with Gasteiger partial charge in [-0.2, -0.15) is 5.26 Å².